The number of para-hydroxylation sites is 2. The van der Waals surface area contributed by atoms with Crippen LogP contribution in [0.4, 0.5) is 11.4 Å². The SMILES string of the molecule is CCN1[CH-]N(C(C)(C)c2[c-]cccc2)c2ccccc21.[Ir]. The van der Waals surface area contributed by atoms with Gasteiger partial charge in [-0.3, -0.25) is 0 Å². The maximum absolute atomic E-state index is 3.37. The summed E-state index contributed by atoms with van der Waals surface area (Å²) in [5.74, 6) is 0. The van der Waals surface area contributed by atoms with Gasteiger partial charge in [-0.25, -0.2) is 0 Å². The van der Waals surface area contributed by atoms with Gasteiger partial charge in [0.05, 0.1) is 0 Å². The van der Waals surface area contributed by atoms with Gasteiger partial charge in [-0.05, 0) is 39.4 Å². The summed E-state index contributed by atoms with van der Waals surface area (Å²) in [6.07, 6.45) is 0. The van der Waals surface area contributed by atoms with Crippen molar-refractivity contribution in [2.45, 2.75) is 26.3 Å². The second-order valence-corrected chi connectivity index (χ2v) is 5.60. The molecule has 21 heavy (non-hydrogen) atoms. The number of fused-ring (bicyclic) bond motifs is 1. The molecule has 0 aromatic heterocycles. The van der Waals surface area contributed by atoms with E-state index in [0.717, 1.165) is 6.54 Å². The molecule has 113 valence electrons. The predicted molar refractivity (Wildman–Crippen MR) is 84.5 cm³/mol. The van der Waals surface area contributed by atoms with E-state index in [1.165, 1.54) is 16.9 Å². The van der Waals surface area contributed by atoms with Crippen LogP contribution in [0.3, 0.4) is 0 Å². The van der Waals surface area contributed by atoms with Crippen molar-refractivity contribution >= 4 is 11.4 Å². The van der Waals surface area contributed by atoms with E-state index in [2.05, 4.69) is 79.7 Å². The molecule has 0 saturated carbocycles. The van der Waals surface area contributed by atoms with Crippen LogP contribution in [-0.2, 0) is 25.6 Å². The zero-order chi connectivity index (χ0) is 14.2. The van der Waals surface area contributed by atoms with Crippen LogP contribution in [0.1, 0.15) is 26.3 Å². The Hall–Kier alpha value is -1.31. The van der Waals surface area contributed by atoms with Gasteiger partial charge in [0.2, 0.25) is 0 Å². The minimum atomic E-state index is -0.124. The van der Waals surface area contributed by atoms with Gasteiger partial charge in [-0.2, -0.15) is 37.0 Å². The Labute approximate surface area is 141 Å². The van der Waals surface area contributed by atoms with E-state index in [1.807, 2.05) is 12.1 Å². The van der Waals surface area contributed by atoms with Crippen LogP contribution in [0.2, 0.25) is 0 Å². The normalized spacial score (nSPS) is 13.9. The van der Waals surface area contributed by atoms with Gasteiger partial charge >= 0.3 is 0 Å². The monoisotopic (exact) mass is 457 g/mol. The summed E-state index contributed by atoms with van der Waals surface area (Å²) in [6.45, 7) is 9.85. The van der Waals surface area contributed by atoms with Gasteiger partial charge in [0.25, 0.3) is 0 Å². The molecule has 0 N–H and O–H groups in total. The minimum Gasteiger partial charge on any atom is -0.502 e. The fourth-order valence-corrected chi connectivity index (χ4v) is 2.78. The first kappa shape index (κ1) is 16.1. The standard InChI is InChI=1S/C18H20N2.Ir/c1-4-19-14-20(17-13-9-8-12-16(17)19)18(2,3)15-10-6-5-7-11-15;/h5-10,12-14H,4H2,1-3H3;/q-2;. The zero-order valence-electron chi connectivity index (χ0n) is 12.6. The number of hydrogen-bond donors (Lipinski definition) is 0. The van der Waals surface area contributed by atoms with Crippen molar-refractivity contribution < 1.29 is 20.1 Å². The molecule has 0 atom stereocenters. The van der Waals surface area contributed by atoms with Crippen LogP contribution in [0.15, 0.2) is 48.5 Å². The molecule has 0 spiro atoms. The zero-order valence-corrected chi connectivity index (χ0v) is 15.0. The van der Waals surface area contributed by atoms with Crippen molar-refractivity contribution in [2.24, 2.45) is 0 Å². The van der Waals surface area contributed by atoms with Crippen molar-refractivity contribution in [1.29, 1.82) is 0 Å². The molecule has 0 amide bonds. The molecule has 0 saturated heterocycles. The Morgan fingerprint density at radius 2 is 1.71 bits per heavy atom. The van der Waals surface area contributed by atoms with E-state index in [1.54, 1.807) is 0 Å². The van der Waals surface area contributed by atoms with Crippen LogP contribution in [0, 0.1) is 12.7 Å². The van der Waals surface area contributed by atoms with E-state index >= 15 is 0 Å². The van der Waals surface area contributed by atoms with E-state index < -0.39 is 0 Å². The van der Waals surface area contributed by atoms with E-state index in [4.69, 9.17) is 0 Å². The van der Waals surface area contributed by atoms with Gasteiger partial charge in [-0.1, -0.05) is 12.1 Å². The fraction of sp³-hybridized carbons (Fsp3) is 0.278. The Balaban J connectivity index is 0.00000161. The molecule has 1 aliphatic rings. The Morgan fingerprint density at radius 1 is 1.05 bits per heavy atom. The van der Waals surface area contributed by atoms with E-state index in [-0.39, 0.29) is 25.6 Å². The predicted octanol–water partition coefficient (Wildman–Crippen LogP) is 4.19. The third-order valence-corrected chi connectivity index (χ3v) is 4.02. The van der Waals surface area contributed by atoms with Crippen LogP contribution in [0.25, 0.3) is 0 Å². The van der Waals surface area contributed by atoms with Crippen LogP contribution in [0.5, 0.6) is 0 Å². The molecule has 1 heterocycles. The van der Waals surface area contributed by atoms with Crippen molar-refractivity contribution in [1.82, 2.24) is 0 Å². The molecule has 0 unspecified atom stereocenters. The van der Waals surface area contributed by atoms with Crippen LogP contribution in [-0.4, -0.2) is 6.54 Å². The summed E-state index contributed by atoms with van der Waals surface area (Å²) in [5, 5.41) is 0. The summed E-state index contributed by atoms with van der Waals surface area (Å²) in [4.78, 5) is 4.64. The van der Waals surface area contributed by atoms with Gasteiger partial charge in [-0.15, -0.1) is 5.56 Å². The average molecular weight is 457 g/mol. The molecule has 2 aromatic carbocycles. The average Bonchev–Trinajstić information content (AvgIpc) is 2.88. The van der Waals surface area contributed by atoms with Gasteiger partial charge in [0.15, 0.2) is 0 Å². The smallest absolute Gasteiger partial charge is 0.0304 e. The van der Waals surface area contributed by atoms with Gasteiger partial charge in [0.1, 0.15) is 0 Å². The summed E-state index contributed by atoms with van der Waals surface area (Å²) < 4.78 is 0. The van der Waals surface area contributed by atoms with Crippen LogP contribution >= 0.6 is 0 Å². The second-order valence-electron chi connectivity index (χ2n) is 5.60. The van der Waals surface area contributed by atoms with Crippen LogP contribution < -0.4 is 9.80 Å². The topological polar surface area (TPSA) is 6.48 Å². The number of hydrogen-bond acceptors (Lipinski definition) is 2. The first-order valence-electron chi connectivity index (χ1n) is 7.12. The maximum atomic E-state index is 3.37. The molecule has 3 rings (SSSR count). The van der Waals surface area contributed by atoms with Gasteiger partial charge in [0, 0.05) is 37.0 Å². The maximum Gasteiger partial charge on any atom is 0.0304 e. The Kier molecular flexibility index (Phi) is 4.75. The molecular weight excluding hydrogens is 436 g/mol. The third kappa shape index (κ3) is 2.73. The molecule has 0 bridgehead atoms. The minimum absolute atomic E-state index is 0. The number of rotatable bonds is 3. The molecule has 3 heteroatoms. The van der Waals surface area contributed by atoms with E-state index in [0.29, 0.717) is 0 Å². The van der Waals surface area contributed by atoms with Crippen molar-refractivity contribution in [2.75, 3.05) is 16.3 Å². The largest absolute Gasteiger partial charge is 0.502 e. The molecule has 2 aromatic rings. The summed E-state index contributed by atoms with van der Waals surface area (Å²) in [6, 6.07) is 20.2. The van der Waals surface area contributed by atoms with E-state index in [9.17, 15) is 0 Å². The third-order valence-electron chi connectivity index (χ3n) is 4.02. The van der Waals surface area contributed by atoms with Gasteiger partial charge < -0.3 is 9.80 Å². The Bertz CT molecular complexity index is 595. The Morgan fingerprint density at radius 3 is 2.33 bits per heavy atom. The molecule has 1 aliphatic heterocycles. The quantitative estimate of drug-likeness (QED) is 0.640. The molecule has 0 fully saturated rings. The summed E-state index contributed by atoms with van der Waals surface area (Å²) in [7, 11) is 0. The van der Waals surface area contributed by atoms with Crippen molar-refractivity contribution in [3.8, 4) is 0 Å². The number of anilines is 2. The second kappa shape index (κ2) is 6.21. The van der Waals surface area contributed by atoms with Crippen molar-refractivity contribution in [3.63, 3.8) is 0 Å². The first-order chi connectivity index (χ1) is 9.64. The molecule has 2 nitrogen and oxygen atoms in total. The number of nitrogens with zero attached hydrogens (tertiary/aromatic N) is 2. The number of benzene rings is 2. The fourth-order valence-electron chi connectivity index (χ4n) is 2.78. The first-order valence-corrected chi connectivity index (χ1v) is 7.12. The van der Waals surface area contributed by atoms with Crippen molar-refractivity contribution in [3.05, 3.63) is 66.8 Å². The molecule has 1 radical (unpaired) electrons. The summed E-state index contributed by atoms with van der Waals surface area (Å²) >= 11 is 0. The molecule has 0 aliphatic carbocycles. The molecular formula is C18H20IrN2-2. The summed E-state index contributed by atoms with van der Waals surface area (Å²) in [5.41, 5.74) is 3.61.